The van der Waals surface area contributed by atoms with Crippen molar-refractivity contribution in [2.75, 3.05) is 13.1 Å². The molecule has 1 aliphatic rings. The van der Waals surface area contributed by atoms with Gasteiger partial charge in [-0.25, -0.2) is 0 Å². The number of rotatable bonds is 8. The molecule has 6 heteroatoms. The maximum absolute atomic E-state index is 11.6. The van der Waals surface area contributed by atoms with E-state index in [9.17, 15) is 14.4 Å². The molecular formula is C15H27N3O3. The SMILES string of the molecule is CC(C)(C)C(=O)NCCC(=O)NCCCC(=O)NC1CC1. The lowest BCUT2D eigenvalue weighted by molar-refractivity contribution is -0.128. The molecule has 0 saturated heterocycles. The van der Waals surface area contributed by atoms with Crippen LogP contribution >= 0.6 is 0 Å². The first kappa shape index (κ1) is 17.5. The number of hydrogen-bond donors (Lipinski definition) is 3. The molecule has 0 aliphatic heterocycles. The van der Waals surface area contributed by atoms with E-state index in [4.69, 9.17) is 0 Å². The van der Waals surface area contributed by atoms with Gasteiger partial charge in [0.15, 0.2) is 0 Å². The smallest absolute Gasteiger partial charge is 0.225 e. The quantitative estimate of drug-likeness (QED) is 0.577. The van der Waals surface area contributed by atoms with E-state index >= 15 is 0 Å². The second-order valence-corrected chi connectivity index (χ2v) is 6.55. The summed E-state index contributed by atoms with van der Waals surface area (Å²) in [5.74, 6) is -0.108. The molecule has 6 nitrogen and oxygen atoms in total. The molecule has 0 aromatic heterocycles. The average molecular weight is 297 g/mol. The summed E-state index contributed by atoms with van der Waals surface area (Å²) in [7, 11) is 0. The number of nitrogens with one attached hydrogen (secondary N) is 3. The third-order valence-corrected chi connectivity index (χ3v) is 3.16. The minimum absolute atomic E-state index is 0.0594. The summed E-state index contributed by atoms with van der Waals surface area (Å²) < 4.78 is 0. The Morgan fingerprint density at radius 2 is 1.62 bits per heavy atom. The zero-order valence-corrected chi connectivity index (χ0v) is 13.3. The van der Waals surface area contributed by atoms with Crippen molar-refractivity contribution in [1.29, 1.82) is 0 Å². The highest BCUT2D eigenvalue weighted by atomic mass is 16.2. The van der Waals surface area contributed by atoms with E-state index in [1.54, 1.807) is 0 Å². The third-order valence-electron chi connectivity index (χ3n) is 3.16. The fourth-order valence-corrected chi connectivity index (χ4v) is 1.65. The first-order valence-corrected chi connectivity index (χ1v) is 7.63. The summed E-state index contributed by atoms with van der Waals surface area (Å²) >= 11 is 0. The Labute approximate surface area is 126 Å². The fraction of sp³-hybridized carbons (Fsp3) is 0.800. The molecule has 3 N–H and O–H groups in total. The van der Waals surface area contributed by atoms with E-state index in [1.165, 1.54) is 0 Å². The van der Waals surface area contributed by atoms with Crippen molar-refractivity contribution in [1.82, 2.24) is 16.0 Å². The van der Waals surface area contributed by atoms with E-state index in [0.717, 1.165) is 12.8 Å². The topological polar surface area (TPSA) is 87.3 Å². The van der Waals surface area contributed by atoms with Gasteiger partial charge < -0.3 is 16.0 Å². The van der Waals surface area contributed by atoms with E-state index in [2.05, 4.69) is 16.0 Å². The fourth-order valence-electron chi connectivity index (χ4n) is 1.65. The molecule has 0 atom stereocenters. The van der Waals surface area contributed by atoms with Crippen LogP contribution in [-0.2, 0) is 14.4 Å². The molecule has 1 fully saturated rings. The molecule has 120 valence electrons. The average Bonchev–Trinajstić information content (AvgIpc) is 3.17. The van der Waals surface area contributed by atoms with Gasteiger partial charge in [-0.3, -0.25) is 14.4 Å². The predicted molar refractivity (Wildman–Crippen MR) is 80.5 cm³/mol. The van der Waals surface area contributed by atoms with Crippen LogP contribution in [0.3, 0.4) is 0 Å². The zero-order chi connectivity index (χ0) is 15.9. The Bertz CT molecular complexity index is 384. The van der Waals surface area contributed by atoms with Gasteiger partial charge in [-0.2, -0.15) is 0 Å². The number of amides is 3. The van der Waals surface area contributed by atoms with Gasteiger partial charge in [0.1, 0.15) is 0 Å². The zero-order valence-electron chi connectivity index (χ0n) is 13.3. The molecule has 0 radical (unpaired) electrons. The monoisotopic (exact) mass is 297 g/mol. The molecule has 0 aromatic rings. The van der Waals surface area contributed by atoms with Crippen LogP contribution in [-0.4, -0.2) is 36.9 Å². The summed E-state index contributed by atoms with van der Waals surface area (Å²) in [6, 6.07) is 0.388. The van der Waals surface area contributed by atoms with Gasteiger partial charge in [0.05, 0.1) is 0 Å². The van der Waals surface area contributed by atoms with Gasteiger partial charge in [-0.15, -0.1) is 0 Å². The van der Waals surface area contributed by atoms with Gasteiger partial charge in [0.2, 0.25) is 17.7 Å². The maximum atomic E-state index is 11.6. The van der Waals surface area contributed by atoms with Crippen LogP contribution in [0.15, 0.2) is 0 Å². The van der Waals surface area contributed by atoms with Gasteiger partial charge in [0.25, 0.3) is 0 Å². The van der Waals surface area contributed by atoms with Gasteiger partial charge >= 0.3 is 0 Å². The highest BCUT2D eigenvalue weighted by Crippen LogP contribution is 2.18. The molecule has 0 spiro atoms. The van der Waals surface area contributed by atoms with Gasteiger partial charge in [0, 0.05) is 37.4 Å². The van der Waals surface area contributed by atoms with E-state index in [1.807, 2.05) is 20.8 Å². The second kappa shape index (κ2) is 8.00. The van der Waals surface area contributed by atoms with Crippen LogP contribution in [0.1, 0.15) is 52.9 Å². The molecular weight excluding hydrogens is 270 g/mol. The van der Waals surface area contributed by atoms with Gasteiger partial charge in [-0.1, -0.05) is 20.8 Å². The largest absolute Gasteiger partial charge is 0.356 e. The minimum Gasteiger partial charge on any atom is -0.356 e. The van der Waals surface area contributed by atoms with Crippen molar-refractivity contribution in [3.63, 3.8) is 0 Å². The highest BCUT2D eigenvalue weighted by Gasteiger charge is 2.22. The number of carbonyl (C=O) groups is 3. The molecule has 21 heavy (non-hydrogen) atoms. The summed E-state index contributed by atoms with van der Waals surface area (Å²) in [6.07, 6.45) is 3.51. The van der Waals surface area contributed by atoms with Gasteiger partial charge in [-0.05, 0) is 19.3 Å². The van der Waals surface area contributed by atoms with Crippen molar-refractivity contribution in [2.45, 2.75) is 58.9 Å². The Kier molecular flexibility index (Phi) is 6.65. The van der Waals surface area contributed by atoms with E-state index in [-0.39, 0.29) is 24.1 Å². The van der Waals surface area contributed by atoms with Crippen LogP contribution in [0.4, 0.5) is 0 Å². The summed E-state index contributed by atoms with van der Waals surface area (Å²) in [6.45, 7) is 6.31. The van der Waals surface area contributed by atoms with Crippen molar-refractivity contribution in [3.8, 4) is 0 Å². The van der Waals surface area contributed by atoms with Crippen LogP contribution in [0, 0.1) is 5.41 Å². The second-order valence-electron chi connectivity index (χ2n) is 6.55. The molecule has 0 aromatic carbocycles. The number of carbonyl (C=O) groups excluding carboxylic acids is 3. The lowest BCUT2D eigenvalue weighted by Crippen LogP contribution is -2.37. The Morgan fingerprint density at radius 3 is 2.19 bits per heavy atom. The highest BCUT2D eigenvalue weighted by molar-refractivity contribution is 5.82. The maximum Gasteiger partial charge on any atom is 0.225 e. The van der Waals surface area contributed by atoms with E-state index < -0.39 is 5.41 Å². The van der Waals surface area contributed by atoms with Crippen LogP contribution in [0.5, 0.6) is 0 Å². The van der Waals surface area contributed by atoms with Crippen molar-refractivity contribution in [2.24, 2.45) is 5.41 Å². The molecule has 0 heterocycles. The Balaban J connectivity index is 1.98. The molecule has 0 unspecified atom stereocenters. The third kappa shape index (κ3) is 8.32. The molecule has 1 aliphatic carbocycles. The lowest BCUT2D eigenvalue weighted by Gasteiger charge is -2.17. The van der Waals surface area contributed by atoms with Crippen LogP contribution in [0.2, 0.25) is 0 Å². The summed E-state index contributed by atoms with van der Waals surface area (Å²) in [4.78, 5) is 34.5. The van der Waals surface area contributed by atoms with Crippen LogP contribution < -0.4 is 16.0 Å². The van der Waals surface area contributed by atoms with E-state index in [0.29, 0.717) is 32.0 Å². The molecule has 0 bridgehead atoms. The number of hydrogen-bond acceptors (Lipinski definition) is 3. The van der Waals surface area contributed by atoms with Crippen molar-refractivity contribution in [3.05, 3.63) is 0 Å². The first-order valence-electron chi connectivity index (χ1n) is 7.63. The van der Waals surface area contributed by atoms with Crippen LogP contribution in [0.25, 0.3) is 0 Å². The normalized spacial score (nSPS) is 14.4. The minimum atomic E-state index is -0.439. The van der Waals surface area contributed by atoms with Crippen molar-refractivity contribution >= 4 is 17.7 Å². The predicted octanol–water partition coefficient (Wildman–Crippen LogP) is 0.714. The molecule has 3 amide bonds. The Morgan fingerprint density at radius 1 is 0.952 bits per heavy atom. The Hall–Kier alpha value is -1.59. The first-order chi connectivity index (χ1) is 9.79. The molecule has 1 rings (SSSR count). The lowest BCUT2D eigenvalue weighted by atomic mass is 9.96. The summed E-state index contributed by atoms with van der Waals surface area (Å²) in [5.41, 5.74) is -0.439. The summed E-state index contributed by atoms with van der Waals surface area (Å²) in [5, 5.41) is 8.38. The molecule has 1 saturated carbocycles. The standard InChI is InChI=1S/C15H27N3O3/c1-15(2,3)14(21)17-10-8-12(19)16-9-4-5-13(20)18-11-6-7-11/h11H,4-10H2,1-3H3,(H,16,19)(H,17,21)(H,18,20). The van der Waals surface area contributed by atoms with Crippen molar-refractivity contribution < 1.29 is 14.4 Å².